The third-order valence-corrected chi connectivity index (χ3v) is 2.75. The monoisotopic (exact) mass is 223 g/mol. The SMILES string of the molecule is CCc1[nH]c2c(F)ccc(F)c2c(=O)c1C. The zero-order valence-corrected chi connectivity index (χ0v) is 9.03. The second-order valence-corrected chi connectivity index (χ2v) is 3.69. The number of fused-ring (bicyclic) bond motifs is 1. The molecule has 1 N–H and O–H groups in total. The molecule has 0 bridgehead atoms. The van der Waals surface area contributed by atoms with Crippen molar-refractivity contribution < 1.29 is 8.78 Å². The van der Waals surface area contributed by atoms with Gasteiger partial charge in [0.25, 0.3) is 0 Å². The molecule has 4 heteroatoms. The summed E-state index contributed by atoms with van der Waals surface area (Å²) in [5.74, 6) is -1.30. The van der Waals surface area contributed by atoms with Crippen LogP contribution in [0.3, 0.4) is 0 Å². The van der Waals surface area contributed by atoms with E-state index in [-0.39, 0.29) is 10.9 Å². The molecule has 0 aliphatic heterocycles. The van der Waals surface area contributed by atoms with Gasteiger partial charge in [0.05, 0.1) is 10.9 Å². The summed E-state index contributed by atoms with van der Waals surface area (Å²) in [6.07, 6.45) is 0.576. The van der Waals surface area contributed by atoms with Crippen LogP contribution >= 0.6 is 0 Å². The molecule has 0 radical (unpaired) electrons. The zero-order valence-electron chi connectivity index (χ0n) is 9.03. The minimum atomic E-state index is -0.691. The van der Waals surface area contributed by atoms with Crippen LogP contribution in [0, 0.1) is 18.6 Å². The predicted octanol–water partition coefficient (Wildman–Crippen LogP) is 2.68. The van der Waals surface area contributed by atoms with Crippen LogP contribution < -0.4 is 5.43 Å². The quantitative estimate of drug-likeness (QED) is 0.792. The van der Waals surface area contributed by atoms with E-state index < -0.39 is 17.1 Å². The minimum absolute atomic E-state index is 0.0487. The Morgan fingerprint density at radius 3 is 2.50 bits per heavy atom. The summed E-state index contributed by atoms with van der Waals surface area (Å²) < 4.78 is 26.9. The number of hydrogen-bond donors (Lipinski definition) is 1. The fourth-order valence-electron chi connectivity index (χ4n) is 1.82. The van der Waals surface area contributed by atoms with Gasteiger partial charge in [0.1, 0.15) is 11.6 Å². The maximum Gasteiger partial charge on any atom is 0.195 e. The molecule has 0 atom stereocenters. The predicted molar refractivity (Wildman–Crippen MR) is 58.6 cm³/mol. The standard InChI is InChI=1S/C12H11F2NO/c1-3-9-6(2)12(16)10-7(13)4-5-8(14)11(10)15-9/h4-5H,3H2,1-2H3,(H,15,16). The summed E-state index contributed by atoms with van der Waals surface area (Å²) in [6.45, 7) is 3.46. The Labute approximate surface area is 90.9 Å². The average Bonchev–Trinajstić information content (AvgIpc) is 2.27. The summed E-state index contributed by atoms with van der Waals surface area (Å²) >= 11 is 0. The molecule has 2 nitrogen and oxygen atoms in total. The van der Waals surface area contributed by atoms with Crippen LogP contribution in [0.5, 0.6) is 0 Å². The van der Waals surface area contributed by atoms with Crippen molar-refractivity contribution in [2.45, 2.75) is 20.3 Å². The lowest BCUT2D eigenvalue weighted by molar-refractivity contribution is 0.614. The van der Waals surface area contributed by atoms with E-state index in [1.54, 1.807) is 6.92 Å². The maximum atomic E-state index is 13.5. The molecule has 0 saturated carbocycles. The Morgan fingerprint density at radius 2 is 1.88 bits per heavy atom. The Kier molecular flexibility index (Phi) is 2.50. The van der Waals surface area contributed by atoms with Crippen LogP contribution in [-0.2, 0) is 6.42 Å². The Hall–Kier alpha value is -1.71. The first-order valence-corrected chi connectivity index (χ1v) is 5.05. The molecule has 0 unspecified atom stereocenters. The molecule has 84 valence electrons. The Bertz CT molecular complexity index is 616. The fraction of sp³-hybridized carbons (Fsp3) is 0.250. The van der Waals surface area contributed by atoms with Crippen LogP contribution in [0.2, 0.25) is 0 Å². The molecule has 1 aromatic carbocycles. The van der Waals surface area contributed by atoms with E-state index in [0.717, 1.165) is 12.1 Å². The molecule has 2 aromatic rings. The van der Waals surface area contributed by atoms with E-state index in [2.05, 4.69) is 4.98 Å². The van der Waals surface area contributed by atoms with Gasteiger partial charge in [-0.25, -0.2) is 8.78 Å². The van der Waals surface area contributed by atoms with E-state index in [1.807, 2.05) is 6.92 Å². The van der Waals surface area contributed by atoms with Crippen LogP contribution in [-0.4, -0.2) is 4.98 Å². The van der Waals surface area contributed by atoms with Crippen LogP contribution in [0.1, 0.15) is 18.2 Å². The van der Waals surface area contributed by atoms with Gasteiger partial charge in [-0.15, -0.1) is 0 Å². The van der Waals surface area contributed by atoms with Crippen molar-refractivity contribution in [1.29, 1.82) is 0 Å². The van der Waals surface area contributed by atoms with Crippen LogP contribution in [0.4, 0.5) is 8.78 Å². The van der Waals surface area contributed by atoms with Crippen molar-refractivity contribution in [3.63, 3.8) is 0 Å². The van der Waals surface area contributed by atoms with E-state index in [9.17, 15) is 13.6 Å². The van der Waals surface area contributed by atoms with E-state index >= 15 is 0 Å². The average molecular weight is 223 g/mol. The number of aromatic amines is 1. The van der Waals surface area contributed by atoms with Crippen LogP contribution in [0.15, 0.2) is 16.9 Å². The molecule has 16 heavy (non-hydrogen) atoms. The Balaban J connectivity index is 3.04. The van der Waals surface area contributed by atoms with Crippen molar-refractivity contribution in [2.24, 2.45) is 0 Å². The number of halogens is 2. The minimum Gasteiger partial charge on any atom is -0.355 e. The van der Waals surface area contributed by atoms with Gasteiger partial charge < -0.3 is 4.98 Å². The largest absolute Gasteiger partial charge is 0.355 e. The third kappa shape index (κ3) is 1.41. The van der Waals surface area contributed by atoms with Gasteiger partial charge in [-0.1, -0.05) is 6.92 Å². The molecule has 1 aromatic heterocycles. The molecular weight excluding hydrogens is 212 g/mol. The van der Waals surface area contributed by atoms with Crippen molar-refractivity contribution in [1.82, 2.24) is 4.98 Å². The number of hydrogen-bond acceptors (Lipinski definition) is 1. The first kappa shape index (κ1) is 10.8. The van der Waals surface area contributed by atoms with Crippen molar-refractivity contribution in [3.05, 3.63) is 45.2 Å². The summed E-state index contributed by atoms with van der Waals surface area (Å²) in [5, 5.41) is -0.199. The van der Waals surface area contributed by atoms with Gasteiger partial charge in [0.15, 0.2) is 5.43 Å². The molecule has 1 heterocycles. The van der Waals surface area contributed by atoms with Gasteiger partial charge in [-0.3, -0.25) is 4.79 Å². The van der Waals surface area contributed by atoms with Gasteiger partial charge >= 0.3 is 0 Å². The number of nitrogens with one attached hydrogen (secondary N) is 1. The smallest absolute Gasteiger partial charge is 0.195 e. The van der Waals surface area contributed by atoms with E-state index in [1.165, 1.54) is 0 Å². The first-order chi connectivity index (χ1) is 7.56. The molecule has 0 aliphatic carbocycles. The van der Waals surface area contributed by atoms with Crippen molar-refractivity contribution in [2.75, 3.05) is 0 Å². The zero-order chi connectivity index (χ0) is 11.9. The highest BCUT2D eigenvalue weighted by Crippen LogP contribution is 2.18. The van der Waals surface area contributed by atoms with E-state index in [0.29, 0.717) is 17.7 Å². The molecule has 2 rings (SSSR count). The molecule has 0 saturated heterocycles. The lowest BCUT2D eigenvalue weighted by Gasteiger charge is -2.07. The summed E-state index contributed by atoms with van der Waals surface area (Å²) in [6, 6.07) is 1.99. The molecular formula is C12H11F2NO. The second-order valence-electron chi connectivity index (χ2n) is 3.69. The lowest BCUT2D eigenvalue weighted by Crippen LogP contribution is -2.13. The third-order valence-electron chi connectivity index (χ3n) is 2.75. The number of benzene rings is 1. The highest BCUT2D eigenvalue weighted by Gasteiger charge is 2.13. The fourth-order valence-corrected chi connectivity index (χ4v) is 1.82. The summed E-state index contributed by atoms with van der Waals surface area (Å²) in [7, 11) is 0. The van der Waals surface area contributed by atoms with Gasteiger partial charge in [0, 0.05) is 11.3 Å². The molecule has 0 aliphatic rings. The number of aryl methyl sites for hydroxylation is 1. The van der Waals surface area contributed by atoms with Crippen molar-refractivity contribution in [3.8, 4) is 0 Å². The van der Waals surface area contributed by atoms with Gasteiger partial charge in [0.2, 0.25) is 0 Å². The highest BCUT2D eigenvalue weighted by atomic mass is 19.1. The first-order valence-electron chi connectivity index (χ1n) is 5.05. The van der Waals surface area contributed by atoms with Gasteiger partial charge in [-0.05, 0) is 25.5 Å². The Morgan fingerprint density at radius 1 is 1.25 bits per heavy atom. The number of rotatable bonds is 1. The van der Waals surface area contributed by atoms with E-state index in [4.69, 9.17) is 0 Å². The lowest BCUT2D eigenvalue weighted by atomic mass is 10.1. The number of aromatic nitrogens is 1. The van der Waals surface area contributed by atoms with Crippen LogP contribution in [0.25, 0.3) is 10.9 Å². The summed E-state index contributed by atoms with van der Waals surface area (Å²) in [4.78, 5) is 14.6. The second kappa shape index (κ2) is 3.70. The molecule has 0 spiro atoms. The topological polar surface area (TPSA) is 32.9 Å². The normalized spacial score (nSPS) is 11.0. The number of H-pyrrole nitrogens is 1. The molecule has 0 amide bonds. The number of pyridine rings is 1. The van der Waals surface area contributed by atoms with Gasteiger partial charge in [-0.2, -0.15) is 0 Å². The van der Waals surface area contributed by atoms with Crippen molar-refractivity contribution >= 4 is 10.9 Å². The highest BCUT2D eigenvalue weighted by molar-refractivity contribution is 5.80. The maximum absolute atomic E-state index is 13.5. The summed E-state index contributed by atoms with van der Waals surface area (Å²) in [5.41, 5.74) is 0.594. The molecule has 0 fully saturated rings.